The fraction of sp³-hybridized carbons (Fsp3) is 0.923. The summed E-state index contributed by atoms with van der Waals surface area (Å²) < 4.78 is 5.21. The lowest BCUT2D eigenvalue weighted by Crippen LogP contribution is -2.44. The highest BCUT2D eigenvalue weighted by Crippen LogP contribution is 2.15. The van der Waals surface area contributed by atoms with Crippen molar-refractivity contribution in [2.24, 2.45) is 5.92 Å². The third-order valence-corrected chi connectivity index (χ3v) is 3.23. The van der Waals surface area contributed by atoms with Crippen LogP contribution in [0, 0.1) is 5.92 Å². The number of carbonyl (C=O) groups is 1. The van der Waals surface area contributed by atoms with E-state index in [0.29, 0.717) is 25.7 Å². The molecule has 0 spiro atoms. The largest absolute Gasteiger partial charge is 0.389 e. The second-order valence-electron chi connectivity index (χ2n) is 5.02. The zero-order valence-electron chi connectivity index (χ0n) is 11.5. The molecule has 2 atom stereocenters. The maximum absolute atomic E-state index is 10.9. The number of ether oxygens (including phenoxy) is 1. The third-order valence-electron chi connectivity index (χ3n) is 3.23. The molecular formula is C13H26N2O3. The Bertz CT molecular complexity index is 248. The molecule has 106 valence electrons. The zero-order chi connectivity index (χ0) is 13.4. The summed E-state index contributed by atoms with van der Waals surface area (Å²) in [6.45, 7) is 7.91. The fourth-order valence-corrected chi connectivity index (χ4v) is 2.38. The number of piperidine rings is 1. The van der Waals surface area contributed by atoms with Crippen LogP contribution in [-0.4, -0.2) is 61.4 Å². The molecule has 0 aliphatic carbocycles. The smallest absolute Gasteiger partial charge is 0.216 e. The molecule has 1 saturated heterocycles. The summed E-state index contributed by atoms with van der Waals surface area (Å²) in [7, 11) is 0. The minimum absolute atomic E-state index is 0.0310. The molecule has 1 heterocycles. The van der Waals surface area contributed by atoms with E-state index < -0.39 is 6.10 Å². The summed E-state index contributed by atoms with van der Waals surface area (Å²) >= 11 is 0. The number of nitrogens with one attached hydrogen (secondary N) is 1. The topological polar surface area (TPSA) is 61.8 Å². The van der Waals surface area contributed by atoms with Gasteiger partial charge in [-0.2, -0.15) is 0 Å². The minimum atomic E-state index is -0.413. The van der Waals surface area contributed by atoms with Crippen molar-refractivity contribution >= 4 is 5.91 Å². The first-order valence-corrected chi connectivity index (χ1v) is 6.84. The molecule has 1 aliphatic heterocycles. The first-order chi connectivity index (χ1) is 8.61. The van der Waals surface area contributed by atoms with E-state index in [9.17, 15) is 9.90 Å². The molecule has 18 heavy (non-hydrogen) atoms. The van der Waals surface area contributed by atoms with Gasteiger partial charge in [-0.05, 0) is 32.2 Å². The van der Waals surface area contributed by atoms with E-state index in [1.165, 1.54) is 0 Å². The van der Waals surface area contributed by atoms with Crippen molar-refractivity contribution in [2.45, 2.75) is 32.8 Å². The molecule has 0 saturated carbocycles. The van der Waals surface area contributed by atoms with Gasteiger partial charge in [-0.1, -0.05) is 0 Å². The molecule has 0 aromatic rings. The third kappa shape index (κ3) is 6.33. The summed E-state index contributed by atoms with van der Waals surface area (Å²) in [5.41, 5.74) is 0. The number of nitrogens with zero attached hydrogens (tertiary/aromatic N) is 1. The van der Waals surface area contributed by atoms with Crippen molar-refractivity contribution in [3.05, 3.63) is 0 Å². The number of amides is 1. The number of hydrogen-bond donors (Lipinski definition) is 2. The van der Waals surface area contributed by atoms with Gasteiger partial charge in [0.1, 0.15) is 0 Å². The number of carbonyl (C=O) groups excluding carboxylic acids is 1. The van der Waals surface area contributed by atoms with E-state index in [1.54, 1.807) is 6.92 Å². The average molecular weight is 258 g/mol. The van der Waals surface area contributed by atoms with Crippen molar-refractivity contribution in [3.8, 4) is 0 Å². The highest BCUT2D eigenvalue weighted by Gasteiger charge is 2.21. The molecule has 0 radical (unpaired) electrons. The first-order valence-electron chi connectivity index (χ1n) is 6.84. The van der Waals surface area contributed by atoms with Gasteiger partial charge in [-0.25, -0.2) is 0 Å². The lowest BCUT2D eigenvalue weighted by Gasteiger charge is -2.33. The van der Waals surface area contributed by atoms with Gasteiger partial charge >= 0.3 is 0 Å². The zero-order valence-corrected chi connectivity index (χ0v) is 11.5. The molecule has 2 N–H and O–H groups in total. The van der Waals surface area contributed by atoms with E-state index >= 15 is 0 Å². The Labute approximate surface area is 109 Å². The summed E-state index contributed by atoms with van der Waals surface area (Å²) in [5.74, 6) is 0.533. The van der Waals surface area contributed by atoms with Crippen LogP contribution in [0.1, 0.15) is 26.7 Å². The van der Waals surface area contributed by atoms with Crippen LogP contribution in [0.25, 0.3) is 0 Å². The molecule has 1 amide bonds. The molecule has 5 heteroatoms. The Hall–Kier alpha value is -0.650. The first kappa shape index (κ1) is 15.4. The summed E-state index contributed by atoms with van der Waals surface area (Å²) in [4.78, 5) is 13.1. The SMILES string of the molecule is CCOCC(O)CN1CCCC(CNC(C)=O)C1. The van der Waals surface area contributed by atoms with Crippen LogP contribution >= 0.6 is 0 Å². The molecule has 1 fully saturated rings. The summed E-state index contributed by atoms with van der Waals surface area (Å²) in [6, 6.07) is 0. The second-order valence-corrected chi connectivity index (χ2v) is 5.02. The van der Waals surface area contributed by atoms with Crippen LogP contribution in [0.5, 0.6) is 0 Å². The maximum atomic E-state index is 10.9. The van der Waals surface area contributed by atoms with Gasteiger partial charge in [0.15, 0.2) is 0 Å². The van der Waals surface area contributed by atoms with Crippen molar-refractivity contribution in [2.75, 3.05) is 39.4 Å². The highest BCUT2D eigenvalue weighted by molar-refractivity contribution is 5.72. The predicted molar refractivity (Wildman–Crippen MR) is 70.3 cm³/mol. The van der Waals surface area contributed by atoms with Gasteiger partial charge in [0.05, 0.1) is 12.7 Å². The van der Waals surface area contributed by atoms with Gasteiger partial charge in [-0.3, -0.25) is 4.79 Å². The Balaban J connectivity index is 2.23. The predicted octanol–water partition coefficient (Wildman–Crippen LogP) is 0.232. The molecule has 0 aromatic heterocycles. The van der Waals surface area contributed by atoms with E-state index in [2.05, 4.69) is 10.2 Å². The maximum Gasteiger partial charge on any atom is 0.216 e. The Kier molecular flexibility index (Phi) is 7.23. The Morgan fingerprint density at radius 2 is 2.39 bits per heavy atom. The summed E-state index contributed by atoms with van der Waals surface area (Å²) in [6.07, 6.45) is 1.87. The van der Waals surface area contributed by atoms with Crippen molar-refractivity contribution in [3.63, 3.8) is 0 Å². The van der Waals surface area contributed by atoms with Crippen LogP contribution in [0.3, 0.4) is 0 Å². The Morgan fingerprint density at radius 1 is 1.61 bits per heavy atom. The van der Waals surface area contributed by atoms with Crippen LogP contribution < -0.4 is 5.32 Å². The van der Waals surface area contributed by atoms with Gasteiger partial charge < -0.3 is 20.1 Å². The van der Waals surface area contributed by atoms with Gasteiger partial charge in [0, 0.05) is 33.2 Å². The van der Waals surface area contributed by atoms with Crippen LogP contribution in [0.2, 0.25) is 0 Å². The van der Waals surface area contributed by atoms with Crippen molar-refractivity contribution < 1.29 is 14.6 Å². The average Bonchev–Trinajstić information content (AvgIpc) is 2.34. The van der Waals surface area contributed by atoms with E-state index in [4.69, 9.17) is 4.74 Å². The van der Waals surface area contributed by atoms with E-state index in [0.717, 1.165) is 32.5 Å². The highest BCUT2D eigenvalue weighted by atomic mass is 16.5. The lowest BCUT2D eigenvalue weighted by atomic mass is 9.97. The minimum Gasteiger partial charge on any atom is -0.389 e. The fourth-order valence-electron chi connectivity index (χ4n) is 2.38. The molecule has 1 rings (SSSR count). The molecule has 2 unspecified atom stereocenters. The Morgan fingerprint density at radius 3 is 3.06 bits per heavy atom. The van der Waals surface area contributed by atoms with E-state index in [1.807, 2.05) is 6.92 Å². The number of hydrogen-bond acceptors (Lipinski definition) is 4. The molecule has 0 bridgehead atoms. The quantitative estimate of drug-likeness (QED) is 0.686. The lowest BCUT2D eigenvalue weighted by molar-refractivity contribution is -0.119. The molecule has 1 aliphatic rings. The monoisotopic (exact) mass is 258 g/mol. The van der Waals surface area contributed by atoms with Crippen molar-refractivity contribution in [1.29, 1.82) is 0 Å². The second kappa shape index (κ2) is 8.45. The number of aliphatic hydroxyl groups is 1. The number of aliphatic hydroxyl groups excluding tert-OH is 1. The standard InChI is InChI=1S/C13H26N2O3/c1-3-18-10-13(17)9-15-6-4-5-12(8-15)7-14-11(2)16/h12-13,17H,3-10H2,1-2H3,(H,14,16). The summed E-state index contributed by atoms with van der Waals surface area (Å²) in [5, 5.41) is 12.7. The van der Waals surface area contributed by atoms with Crippen molar-refractivity contribution in [1.82, 2.24) is 10.2 Å². The number of rotatable bonds is 7. The number of β-amino-alcohol motifs (C(OH)–C–C–N with tert-alkyl or cyclic N) is 1. The van der Waals surface area contributed by atoms with Crippen LogP contribution in [0.4, 0.5) is 0 Å². The van der Waals surface area contributed by atoms with Gasteiger partial charge in [0.25, 0.3) is 0 Å². The van der Waals surface area contributed by atoms with Gasteiger partial charge in [-0.15, -0.1) is 0 Å². The molecule has 0 aromatic carbocycles. The molecular weight excluding hydrogens is 232 g/mol. The molecule has 5 nitrogen and oxygen atoms in total. The van der Waals surface area contributed by atoms with E-state index in [-0.39, 0.29) is 5.91 Å². The van der Waals surface area contributed by atoms with Crippen LogP contribution in [-0.2, 0) is 9.53 Å². The van der Waals surface area contributed by atoms with Gasteiger partial charge in [0.2, 0.25) is 5.91 Å². The normalized spacial score (nSPS) is 22.7. The number of likely N-dealkylation sites (tertiary alicyclic amines) is 1. The van der Waals surface area contributed by atoms with Crippen LogP contribution in [0.15, 0.2) is 0 Å².